The topological polar surface area (TPSA) is 44.7 Å². The fourth-order valence-corrected chi connectivity index (χ4v) is 1.18. The van der Waals surface area contributed by atoms with E-state index in [1.54, 1.807) is 18.2 Å². The fourth-order valence-electron chi connectivity index (χ4n) is 1.18. The average molecular weight is 231 g/mol. The van der Waals surface area contributed by atoms with Crippen LogP contribution < -0.4 is 0 Å². The van der Waals surface area contributed by atoms with Crippen molar-refractivity contribution in [3.8, 4) is 17.3 Å². The van der Waals surface area contributed by atoms with Crippen molar-refractivity contribution in [1.82, 2.24) is 0 Å². The monoisotopic (exact) mass is 231 g/mol. The van der Waals surface area contributed by atoms with Gasteiger partial charge < -0.3 is 9.52 Å². The van der Waals surface area contributed by atoms with Gasteiger partial charge in [0.1, 0.15) is 0 Å². The number of benzene rings is 1. The van der Waals surface area contributed by atoms with Crippen LogP contribution in [0, 0.1) is 0 Å². The molecule has 1 N–H and O–H groups in total. The lowest BCUT2D eigenvalue weighted by molar-refractivity contribution is -0.171. The molecule has 0 aliphatic rings. The minimum atomic E-state index is -4.76. The van der Waals surface area contributed by atoms with Crippen molar-refractivity contribution < 1.29 is 27.1 Å². The zero-order valence-corrected chi connectivity index (χ0v) is 7.78. The van der Waals surface area contributed by atoms with Crippen molar-refractivity contribution in [1.29, 1.82) is 0 Å². The summed E-state index contributed by atoms with van der Waals surface area (Å²) in [6.07, 6.45) is -4.76. The summed E-state index contributed by atoms with van der Waals surface area (Å²) in [5.41, 5.74) is 0.305. The van der Waals surface area contributed by atoms with Crippen LogP contribution in [0.3, 0.4) is 0 Å². The van der Waals surface area contributed by atoms with Crippen LogP contribution in [0.5, 0.6) is 5.95 Å². The Hall–Kier alpha value is -1.98. The number of rotatable bonds is 1. The third kappa shape index (κ3) is 1.86. The molecule has 2 aromatic rings. The molecule has 1 aromatic carbocycles. The van der Waals surface area contributed by atoms with E-state index >= 15 is 0 Å². The summed E-state index contributed by atoms with van der Waals surface area (Å²) < 4.78 is 45.1. The maximum atomic E-state index is 12.2. The summed E-state index contributed by atoms with van der Waals surface area (Å²) in [5.74, 6) is -2.81. The van der Waals surface area contributed by atoms with Crippen LogP contribution in [0.25, 0.3) is 11.3 Å². The molecule has 0 saturated carbocycles. The van der Waals surface area contributed by atoms with Crippen LogP contribution in [0.1, 0.15) is 5.96 Å². The third-order valence-corrected chi connectivity index (χ3v) is 1.85. The van der Waals surface area contributed by atoms with E-state index in [4.69, 9.17) is 0 Å². The molecule has 0 bridgehead atoms. The Balaban J connectivity index is 2.48. The molecule has 0 spiro atoms. The molecule has 6 heteroatoms. The first-order chi connectivity index (χ1) is 7.48. The van der Waals surface area contributed by atoms with Crippen molar-refractivity contribution in [2.24, 2.45) is 0 Å². The Bertz CT molecular complexity index is 488. The van der Waals surface area contributed by atoms with Gasteiger partial charge in [-0.25, -0.2) is 0 Å². The average Bonchev–Trinajstić information content (AvgIpc) is 2.61. The van der Waals surface area contributed by atoms with Gasteiger partial charge in [0, 0.05) is 5.56 Å². The van der Waals surface area contributed by atoms with Crippen molar-refractivity contribution in [3.05, 3.63) is 36.3 Å². The molecular weight excluding hydrogens is 225 g/mol. The zero-order valence-electron chi connectivity index (χ0n) is 7.78. The first-order valence-corrected chi connectivity index (χ1v) is 4.27. The van der Waals surface area contributed by atoms with Gasteiger partial charge in [-0.15, -0.1) is 0 Å². The largest absolute Gasteiger partial charge is 0.536 e. The van der Waals surface area contributed by atoms with Crippen LogP contribution >= 0.6 is 0 Å². The first kappa shape index (κ1) is 10.5. The molecule has 84 valence electrons. The number of alkyl halides is 3. The van der Waals surface area contributed by atoms with Crippen molar-refractivity contribution in [3.63, 3.8) is 0 Å². The van der Waals surface area contributed by atoms with Gasteiger partial charge in [0.05, 0.1) is 0 Å². The molecule has 1 aromatic heterocycles. The van der Waals surface area contributed by atoms with Crippen LogP contribution in [-0.2, 0) is 6.18 Å². The molecule has 0 aliphatic carbocycles. The molecule has 2 rings (SSSR count). The maximum absolute atomic E-state index is 12.2. The van der Waals surface area contributed by atoms with E-state index in [2.05, 4.69) is 8.83 Å². The predicted octanol–water partition coefficient (Wildman–Crippen LogP) is 3.55. The molecule has 0 amide bonds. The highest BCUT2D eigenvalue weighted by Crippen LogP contribution is 2.39. The van der Waals surface area contributed by atoms with E-state index in [1.807, 2.05) is 0 Å². The van der Waals surface area contributed by atoms with Gasteiger partial charge in [-0.3, -0.25) is 4.42 Å². The summed E-state index contributed by atoms with van der Waals surface area (Å²) in [4.78, 5) is 0. The lowest BCUT2D eigenvalue weighted by Gasteiger charge is -1.91. The van der Waals surface area contributed by atoms with Crippen LogP contribution in [0.2, 0.25) is 0 Å². The normalized spacial score (nSPS) is 11.7. The van der Waals surface area contributed by atoms with Gasteiger partial charge in [-0.05, 0) is 12.1 Å². The molecule has 0 atom stereocenters. The molecule has 0 fully saturated rings. The number of hydrogen-bond acceptors (Lipinski definition) is 2. The molecular formula is C10H6F3O3+. The van der Waals surface area contributed by atoms with Gasteiger partial charge in [0.15, 0.2) is 0 Å². The molecule has 0 unspecified atom stereocenters. The van der Waals surface area contributed by atoms with E-state index in [0.29, 0.717) is 5.56 Å². The van der Waals surface area contributed by atoms with Crippen molar-refractivity contribution in [2.45, 2.75) is 6.18 Å². The third-order valence-electron chi connectivity index (χ3n) is 1.85. The Morgan fingerprint density at radius 2 is 1.75 bits per heavy atom. The smallest absolute Gasteiger partial charge is 0.379 e. The van der Waals surface area contributed by atoms with E-state index in [9.17, 15) is 18.3 Å². The Morgan fingerprint density at radius 3 is 2.25 bits per heavy atom. The first-order valence-electron chi connectivity index (χ1n) is 4.27. The van der Waals surface area contributed by atoms with Gasteiger partial charge in [0.25, 0.3) is 0 Å². The Morgan fingerprint density at radius 1 is 1.12 bits per heavy atom. The summed E-state index contributed by atoms with van der Waals surface area (Å²) in [7, 11) is 0. The minimum Gasteiger partial charge on any atom is -0.379 e. The second-order valence-electron chi connectivity index (χ2n) is 2.99. The number of aromatic hydroxyl groups is 1. The quantitative estimate of drug-likeness (QED) is 0.763. The Kier molecular flexibility index (Phi) is 2.34. The number of halogens is 3. The minimum absolute atomic E-state index is 0.305. The highest BCUT2D eigenvalue weighted by Gasteiger charge is 2.48. The standard InChI is InChI=1S/C10H5F3O3/c11-10(12,13)9-15-7(8(14)16-9)6-4-2-1-3-5-6/h1-5H/p+1. The molecule has 0 saturated heterocycles. The number of hydrogen-bond donors (Lipinski definition) is 1. The molecule has 0 aliphatic heterocycles. The van der Waals surface area contributed by atoms with Crippen molar-refractivity contribution >= 4 is 0 Å². The summed E-state index contributed by atoms with van der Waals surface area (Å²) >= 11 is 0. The van der Waals surface area contributed by atoms with Gasteiger partial charge in [-0.1, -0.05) is 18.2 Å². The fraction of sp³-hybridized carbons (Fsp3) is 0.100. The van der Waals surface area contributed by atoms with E-state index < -0.39 is 18.1 Å². The van der Waals surface area contributed by atoms with E-state index in [0.717, 1.165) is 0 Å². The maximum Gasteiger partial charge on any atom is 0.536 e. The second-order valence-corrected chi connectivity index (χ2v) is 2.99. The highest BCUT2D eigenvalue weighted by molar-refractivity contribution is 5.60. The zero-order chi connectivity index (χ0) is 11.8. The Labute approximate surface area is 87.7 Å². The predicted molar refractivity (Wildman–Crippen MR) is 47.5 cm³/mol. The van der Waals surface area contributed by atoms with Gasteiger partial charge in [0.2, 0.25) is 0 Å². The molecule has 1 heterocycles. The summed E-state index contributed by atoms with van der Waals surface area (Å²) in [5, 5.41) is 9.19. The summed E-state index contributed by atoms with van der Waals surface area (Å²) in [6, 6.07) is 7.88. The lowest BCUT2D eigenvalue weighted by atomic mass is 10.2. The lowest BCUT2D eigenvalue weighted by Crippen LogP contribution is -2.01. The van der Waals surface area contributed by atoms with Crippen LogP contribution in [-0.4, -0.2) is 5.11 Å². The SMILES string of the molecule is Oc1[o+]c(C(F)(F)F)oc1-c1ccccc1. The molecule has 3 nitrogen and oxygen atoms in total. The second kappa shape index (κ2) is 3.55. The van der Waals surface area contributed by atoms with Gasteiger partial charge in [-0.2, -0.15) is 13.2 Å². The van der Waals surface area contributed by atoms with Gasteiger partial charge >= 0.3 is 23.8 Å². The van der Waals surface area contributed by atoms with E-state index in [-0.39, 0.29) is 5.76 Å². The van der Waals surface area contributed by atoms with E-state index in [1.165, 1.54) is 12.1 Å². The van der Waals surface area contributed by atoms with Crippen molar-refractivity contribution in [2.75, 3.05) is 0 Å². The van der Waals surface area contributed by atoms with Crippen LogP contribution in [0.15, 0.2) is 39.2 Å². The highest BCUT2D eigenvalue weighted by atomic mass is 19.4. The summed E-state index contributed by atoms with van der Waals surface area (Å²) in [6.45, 7) is 0. The molecule has 0 radical (unpaired) electrons. The molecule has 16 heavy (non-hydrogen) atoms. The van der Waals surface area contributed by atoms with Crippen LogP contribution in [0.4, 0.5) is 13.2 Å².